The number of amides is 1. The van der Waals surface area contributed by atoms with Crippen molar-refractivity contribution in [3.8, 4) is 0 Å². The molecule has 6 nitrogen and oxygen atoms in total. The maximum absolute atomic E-state index is 12.7. The Morgan fingerprint density at radius 1 is 1.25 bits per heavy atom. The largest absolute Gasteiger partial charge is 0.490 e. The molecule has 1 aromatic heterocycles. The highest BCUT2D eigenvalue weighted by Gasteiger charge is 2.38. The van der Waals surface area contributed by atoms with Gasteiger partial charge in [0.2, 0.25) is 0 Å². The lowest BCUT2D eigenvalue weighted by Crippen LogP contribution is -2.50. The quantitative estimate of drug-likeness (QED) is 0.689. The molecule has 1 heterocycles. The van der Waals surface area contributed by atoms with Crippen LogP contribution >= 0.6 is 11.6 Å². The first-order chi connectivity index (χ1) is 13.0. The van der Waals surface area contributed by atoms with Crippen LogP contribution in [0.15, 0.2) is 24.3 Å². The highest BCUT2D eigenvalue weighted by Crippen LogP contribution is 2.24. The molecule has 0 saturated heterocycles. The number of aromatic nitrogens is 1. The fourth-order valence-electron chi connectivity index (χ4n) is 3.18. The number of carboxylic acids is 1. The monoisotopic (exact) mass is 419 g/mol. The van der Waals surface area contributed by atoms with E-state index in [0.29, 0.717) is 10.7 Å². The minimum absolute atomic E-state index is 0.00956. The van der Waals surface area contributed by atoms with Crippen LogP contribution in [-0.4, -0.2) is 52.2 Å². The van der Waals surface area contributed by atoms with Crippen LogP contribution < -0.4 is 5.73 Å². The summed E-state index contributed by atoms with van der Waals surface area (Å²) in [5, 5.41) is 8.75. The number of hydrogen-bond donors (Lipinski definition) is 3. The van der Waals surface area contributed by atoms with Gasteiger partial charge in [-0.15, -0.1) is 0 Å². The van der Waals surface area contributed by atoms with Crippen LogP contribution in [0, 0.1) is 0 Å². The molecule has 1 amide bonds. The minimum atomic E-state index is -5.08. The smallest absolute Gasteiger partial charge is 0.475 e. The zero-order valence-corrected chi connectivity index (χ0v) is 15.8. The van der Waals surface area contributed by atoms with Crippen LogP contribution in [0.25, 0.3) is 10.9 Å². The summed E-state index contributed by atoms with van der Waals surface area (Å²) in [4.78, 5) is 26.5. The number of nitrogens with one attached hydrogen (secondary N) is 1. The molecule has 1 fully saturated rings. The fourth-order valence-corrected chi connectivity index (χ4v) is 3.36. The maximum atomic E-state index is 12.7. The zero-order valence-electron chi connectivity index (χ0n) is 15.1. The fraction of sp³-hybridized carbons (Fsp3) is 0.444. The lowest BCUT2D eigenvalue weighted by molar-refractivity contribution is -0.192. The van der Waals surface area contributed by atoms with Crippen molar-refractivity contribution in [1.29, 1.82) is 0 Å². The van der Waals surface area contributed by atoms with Gasteiger partial charge in [0.15, 0.2) is 0 Å². The van der Waals surface area contributed by atoms with Gasteiger partial charge in [0.1, 0.15) is 5.69 Å². The van der Waals surface area contributed by atoms with Crippen LogP contribution in [0.5, 0.6) is 0 Å². The third-order valence-corrected chi connectivity index (χ3v) is 4.89. The van der Waals surface area contributed by atoms with E-state index >= 15 is 0 Å². The van der Waals surface area contributed by atoms with Gasteiger partial charge < -0.3 is 20.7 Å². The van der Waals surface area contributed by atoms with Gasteiger partial charge in [-0.1, -0.05) is 24.4 Å². The number of hydrogen-bond acceptors (Lipinski definition) is 3. The molecule has 2 atom stereocenters. The standard InChI is InChI=1S/C16H20ClN3O.C2HF3O2/c1-20(15-5-3-2-4-12(15)18)16(21)14-9-10-8-11(17)6-7-13(10)19-14;3-2(4,5)1(6)7/h6-9,12,15,19H,2-5,18H2,1H3;(H,6,7)/t12-,15+;/m0./s1. The van der Waals surface area contributed by atoms with Gasteiger partial charge in [0.05, 0.1) is 0 Å². The van der Waals surface area contributed by atoms with Gasteiger partial charge >= 0.3 is 12.1 Å². The second kappa shape index (κ2) is 8.83. The Balaban J connectivity index is 0.000000345. The summed E-state index contributed by atoms with van der Waals surface area (Å²) in [5.41, 5.74) is 7.68. The van der Waals surface area contributed by atoms with E-state index in [-0.39, 0.29) is 18.0 Å². The first-order valence-corrected chi connectivity index (χ1v) is 8.99. The average Bonchev–Trinajstić information content (AvgIpc) is 3.03. The molecule has 0 bridgehead atoms. The summed E-state index contributed by atoms with van der Waals surface area (Å²) in [6.45, 7) is 0. The Labute approximate surface area is 164 Å². The molecule has 4 N–H and O–H groups in total. The van der Waals surface area contributed by atoms with Crippen molar-refractivity contribution >= 4 is 34.4 Å². The Morgan fingerprint density at radius 3 is 2.43 bits per heavy atom. The molecule has 28 heavy (non-hydrogen) atoms. The van der Waals surface area contributed by atoms with E-state index in [9.17, 15) is 18.0 Å². The van der Waals surface area contributed by atoms with Crippen LogP contribution in [0.4, 0.5) is 13.2 Å². The first kappa shape index (κ1) is 22.0. The second-order valence-corrected chi connectivity index (χ2v) is 7.09. The summed E-state index contributed by atoms with van der Waals surface area (Å²) < 4.78 is 31.7. The Bertz CT molecular complexity index is 853. The molecular weight excluding hydrogens is 399 g/mol. The zero-order chi connectivity index (χ0) is 21.1. The molecule has 0 unspecified atom stereocenters. The number of halogens is 4. The highest BCUT2D eigenvalue weighted by molar-refractivity contribution is 6.31. The molecule has 1 aliphatic rings. The van der Waals surface area contributed by atoms with Crippen LogP contribution in [-0.2, 0) is 4.79 Å². The first-order valence-electron chi connectivity index (χ1n) is 8.62. The number of fused-ring (bicyclic) bond motifs is 1. The molecule has 2 aromatic rings. The number of likely N-dealkylation sites (N-methyl/N-ethyl adjacent to an activating group) is 1. The summed E-state index contributed by atoms with van der Waals surface area (Å²) in [5.74, 6) is -2.77. The molecule has 154 valence electrons. The van der Waals surface area contributed by atoms with E-state index < -0.39 is 12.1 Å². The van der Waals surface area contributed by atoms with E-state index in [0.717, 1.165) is 36.6 Å². The average molecular weight is 420 g/mol. The number of aliphatic carboxylic acids is 1. The topological polar surface area (TPSA) is 99.4 Å². The summed E-state index contributed by atoms with van der Waals surface area (Å²) >= 11 is 5.99. The number of alkyl halides is 3. The van der Waals surface area contributed by atoms with Crippen LogP contribution in [0.3, 0.4) is 0 Å². The number of nitrogens with two attached hydrogens (primary N) is 1. The summed E-state index contributed by atoms with van der Waals surface area (Å²) in [7, 11) is 1.84. The van der Waals surface area contributed by atoms with Crippen molar-refractivity contribution in [3.05, 3.63) is 35.0 Å². The van der Waals surface area contributed by atoms with Crippen molar-refractivity contribution in [2.75, 3.05) is 7.05 Å². The van der Waals surface area contributed by atoms with Crippen LogP contribution in [0.1, 0.15) is 36.2 Å². The van der Waals surface area contributed by atoms with Crippen LogP contribution in [0.2, 0.25) is 5.02 Å². The number of nitrogens with zero attached hydrogens (tertiary/aromatic N) is 1. The van der Waals surface area contributed by atoms with E-state index in [4.69, 9.17) is 27.2 Å². The van der Waals surface area contributed by atoms with Gasteiger partial charge in [0.25, 0.3) is 5.91 Å². The maximum Gasteiger partial charge on any atom is 0.490 e. The van der Waals surface area contributed by atoms with E-state index in [1.54, 1.807) is 4.90 Å². The number of rotatable bonds is 2. The third kappa shape index (κ3) is 5.39. The summed E-state index contributed by atoms with van der Waals surface area (Å²) in [6, 6.07) is 7.62. The Hall–Kier alpha value is -2.26. The molecule has 0 spiro atoms. The van der Waals surface area contributed by atoms with E-state index in [1.165, 1.54) is 0 Å². The van der Waals surface area contributed by atoms with E-state index in [2.05, 4.69) is 4.98 Å². The molecule has 0 aliphatic heterocycles. The Kier molecular flexibility index (Phi) is 6.95. The SMILES string of the molecule is CN(C(=O)c1cc2cc(Cl)ccc2[nH]1)[C@@H]1CCCC[C@@H]1N.O=C(O)C(F)(F)F. The van der Waals surface area contributed by atoms with Crippen molar-refractivity contribution < 1.29 is 27.9 Å². The minimum Gasteiger partial charge on any atom is -0.475 e. The number of carbonyl (C=O) groups excluding carboxylic acids is 1. The number of H-pyrrole nitrogens is 1. The van der Waals surface area contributed by atoms with Crippen molar-refractivity contribution in [3.63, 3.8) is 0 Å². The van der Waals surface area contributed by atoms with Crippen molar-refractivity contribution in [1.82, 2.24) is 9.88 Å². The molecule has 1 aliphatic carbocycles. The van der Waals surface area contributed by atoms with Gasteiger partial charge in [-0.05, 0) is 37.1 Å². The number of carboxylic acid groups (broad SMARTS) is 1. The van der Waals surface area contributed by atoms with Gasteiger partial charge in [-0.3, -0.25) is 4.79 Å². The van der Waals surface area contributed by atoms with Crippen molar-refractivity contribution in [2.24, 2.45) is 5.73 Å². The van der Waals surface area contributed by atoms with Gasteiger partial charge in [-0.25, -0.2) is 4.79 Å². The van der Waals surface area contributed by atoms with Gasteiger partial charge in [-0.2, -0.15) is 13.2 Å². The Morgan fingerprint density at radius 2 is 1.86 bits per heavy atom. The molecule has 1 saturated carbocycles. The molecule has 3 rings (SSSR count). The third-order valence-electron chi connectivity index (χ3n) is 4.66. The van der Waals surface area contributed by atoms with Gasteiger partial charge in [0, 0.05) is 35.1 Å². The lowest BCUT2D eigenvalue weighted by atomic mass is 9.90. The number of carbonyl (C=O) groups is 2. The lowest BCUT2D eigenvalue weighted by Gasteiger charge is -2.35. The predicted molar refractivity (Wildman–Crippen MR) is 99.3 cm³/mol. The molecule has 10 heteroatoms. The normalized spacial score (nSPS) is 19.6. The molecule has 0 radical (unpaired) electrons. The molecular formula is C18H21ClF3N3O3. The highest BCUT2D eigenvalue weighted by atomic mass is 35.5. The number of benzene rings is 1. The molecule has 1 aromatic carbocycles. The second-order valence-electron chi connectivity index (χ2n) is 6.65. The van der Waals surface area contributed by atoms with E-state index in [1.807, 2.05) is 31.3 Å². The summed E-state index contributed by atoms with van der Waals surface area (Å²) in [6.07, 6.45) is -0.817. The van der Waals surface area contributed by atoms with Crippen molar-refractivity contribution in [2.45, 2.75) is 43.9 Å². The predicted octanol–water partition coefficient (Wildman–Crippen LogP) is 3.80. The number of aromatic amines is 1.